The topological polar surface area (TPSA) is 103 Å². The lowest BCUT2D eigenvalue weighted by Crippen LogP contribution is -2.38. The molecule has 2 aromatic heterocycles. The minimum Gasteiger partial charge on any atom is -0.390 e. The van der Waals surface area contributed by atoms with E-state index >= 15 is 0 Å². The maximum atomic E-state index is 12.7. The predicted molar refractivity (Wildman–Crippen MR) is 105 cm³/mol. The number of carbonyl (C=O) groups excluding carboxylic acids is 2. The number of rotatable bonds is 3. The Labute approximate surface area is 162 Å². The highest BCUT2D eigenvalue weighted by atomic mass is 16.7. The van der Waals surface area contributed by atoms with Crippen molar-refractivity contribution in [2.24, 2.45) is 11.3 Å². The van der Waals surface area contributed by atoms with Crippen molar-refractivity contribution >= 4 is 39.6 Å². The molecule has 28 heavy (non-hydrogen) atoms. The van der Waals surface area contributed by atoms with Crippen molar-refractivity contribution in [1.82, 2.24) is 19.6 Å². The lowest BCUT2D eigenvalue weighted by Gasteiger charge is -2.24. The summed E-state index contributed by atoms with van der Waals surface area (Å²) in [7, 11) is 0. The van der Waals surface area contributed by atoms with Crippen molar-refractivity contribution in [3.63, 3.8) is 0 Å². The van der Waals surface area contributed by atoms with Crippen LogP contribution in [-0.4, -0.2) is 38.1 Å². The van der Waals surface area contributed by atoms with Crippen LogP contribution in [0.5, 0.6) is 0 Å². The Morgan fingerprint density at radius 1 is 1.21 bits per heavy atom. The number of anilines is 1. The molecule has 0 bridgehead atoms. The molecule has 8 heteroatoms. The molecule has 1 saturated heterocycles. The van der Waals surface area contributed by atoms with Gasteiger partial charge in [0.1, 0.15) is 16.9 Å². The number of benzene rings is 1. The maximum Gasteiger partial charge on any atom is 0.236 e. The number of hydrogen-bond donors (Lipinski definition) is 1. The second-order valence-electron chi connectivity index (χ2n) is 8.21. The second-order valence-corrected chi connectivity index (χ2v) is 8.21. The summed E-state index contributed by atoms with van der Waals surface area (Å²) in [5, 5.41) is 0.832. The molecule has 3 aromatic rings. The highest BCUT2D eigenvalue weighted by Crippen LogP contribution is 2.35. The van der Waals surface area contributed by atoms with Gasteiger partial charge < -0.3 is 10.6 Å². The Balaban J connectivity index is 1.70. The fourth-order valence-corrected chi connectivity index (χ4v) is 3.66. The lowest BCUT2D eigenvalue weighted by molar-refractivity contribution is -0.146. The van der Waals surface area contributed by atoms with E-state index in [0.717, 1.165) is 10.9 Å². The quantitative estimate of drug-likeness (QED) is 0.698. The molecule has 0 saturated carbocycles. The summed E-state index contributed by atoms with van der Waals surface area (Å²) in [5.74, 6) is 0.0974. The number of nitrogens with zero attached hydrogens (tertiary/aromatic N) is 4. The van der Waals surface area contributed by atoms with Gasteiger partial charge in [-0.25, -0.2) is 14.9 Å². The molecule has 2 amide bonds. The first kappa shape index (κ1) is 18.2. The molecule has 1 fully saturated rings. The van der Waals surface area contributed by atoms with Crippen molar-refractivity contribution < 1.29 is 14.4 Å². The van der Waals surface area contributed by atoms with E-state index in [1.54, 1.807) is 6.92 Å². The van der Waals surface area contributed by atoms with Crippen LogP contribution in [0.4, 0.5) is 5.82 Å². The summed E-state index contributed by atoms with van der Waals surface area (Å²) in [6.07, 6.45) is 0.204. The van der Waals surface area contributed by atoms with Gasteiger partial charge in [0.15, 0.2) is 12.5 Å². The summed E-state index contributed by atoms with van der Waals surface area (Å²) in [6.45, 7) is 7.49. The van der Waals surface area contributed by atoms with Crippen LogP contribution in [0.2, 0.25) is 0 Å². The second kappa shape index (κ2) is 6.19. The maximum absolute atomic E-state index is 12.7. The molecule has 1 atom stereocenters. The van der Waals surface area contributed by atoms with Crippen molar-refractivity contribution in [3.8, 4) is 0 Å². The Bertz CT molecular complexity index is 1110. The van der Waals surface area contributed by atoms with Gasteiger partial charge >= 0.3 is 0 Å². The number of imide groups is 1. The Hall–Kier alpha value is -3.16. The highest BCUT2D eigenvalue weighted by molar-refractivity contribution is 6.06. The number of hydrogen-bond acceptors (Lipinski definition) is 6. The number of para-hydroxylation sites is 1. The van der Waals surface area contributed by atoms with Crippen LogP contribution in [0.25, 0.3) is 21.9 Å². The summed E-state index contributed by atoms with van der Waals surface area (Å²) < 4.78 is 1.53. The van der Waals surface area contributed by atoms with Crippen LogP contribution in [0.1, 0.15) is 33.0 Å². The Morgan fingerprint density at radius 2 is 1.93 bits per heavy atom. The molecule has 8 nitrogen and oxygen atoms in total. The SMILES string of the molecule is Cc1nc2c(N)nc3ccccc3c2n1OCN1C(=O)CC(C(C)(C)C)C1=O. The average molecular weight is 381 g/mol. The fourth-order valence-electron chi connectivity index (χ4n) is 3.66. The monoisotopic (exact) mass is 381 g/mol. The first-order valence-corrected chi connectivity index (χ1v) is 9.19. The zero-order chi connectivity index (χ0) is 20.2. The molecular weight excluding hydrogens is 358 g/mol. The van der Waals surface area contributed by atoms with Gasteiger partial charge in [-0.15, -0.1) is 0 Å². The van der Waals surface area contributed by atoms with Gasteiger partial charge in [-0.2, -0.15) is 4.73 Å². The van der Waals surface area contributed by atoms with E-state index in [1.807, 2.05) is 45.0 Å². The van der Waals surface area contributed by atoms with Gasteiger partial charge in [0.05, 0.1) is 11.4 Å². The number of aryl methyl sites for hydroxylation is 1. The van der Waals surface area contributed by atoms with Crippen molar-refractivity contribution in [3.05, 3.63) is 30.1 Å². The Kier molecular flexibility index (Phi) is 4.02. The molecule has 3 heterocycles. The third-order valence-electron chi connectivity index (χ3n) is 5.24. The number of pyridine rings is 1. The molecule has 0 aliphatic carbocycles. The first-order chi connectivity index (χ1) is 13.2. The molecule has 2 N–H and O–H groups in total. The van der Waals surface area contributed by atoms with E-state index in [9.17, 15) is 9.59 Å². The Morgan fingerprint density at radius 3 is 2.61 bits per heavy atom. The first-order valence-electron chi connectivity index (χ1n) is 9.19. The molecule has 1 unspecified atom stereocenters. The lowest BCUT2D eigenvalue weighted by atomic mass is 9.80. The zero-order valence-corrected chi connectivity index (χ0v) is 16.4. The molecule has 1 aliphatic heterocycles. The minimum atomic E-state index is -0.343. The van der Waals surface area contributed by atoms with E-state index < -0.39 is 0 Å². The van der Waals surface area contributed by atoms with Crippen LogP contribution >= 0.6 is 0 Å². The van der Waals surface area contributed by atoms with Crippen molar-refractivity contribution in [2.45, 2.75) is 34.1 Å². The number of carbonyl (C=O) groups is 2. The molecule has 4 rings (SSSR count). The van der Waals surface area contributed by atoms with E-state index in [4.69, 9.17) is 10.6 Å². The standard InChI is InChI=1S/C20H23N5O3/c1-11-22-16-17(12-7-5-6-8-14(12)23-18(16)21)25(11)28-10-24-15(26)9-13(19(24)27)20(2,3)4/h5-8,13H,9-10H2,1-4H3,(H2,21,23). The number of likely N-dealkylation sites (tertiary alicyclic amines) is 1. The highest BCUT2D eigenvalue weighted by Gasteiger charge is 2.45. The van der Waals surface area contributed by atoms with Crippen LogP contribution in [0.15, 0.2) is 24.3 Å². The largest absolute Gasteiger partial charge is 0.390 e. The number of nitrogen functional groups attached to an aromatic ring is 1. The molecule has 1 aliphatic rings. The van der Waals surface area contributed by atoms with Crippen LogP contribution < -0.4 is 10.6 Å². The summed E-state index contributed by atoms with van der Waals surface area (Å²) >= 11 is 0. The minimum absolute atomic E-state index is 0.174. The molecule has 0 radical (unpaired) electrons. The summed E-state index contributed by atoms with van der Waals surface area (Å²) in [6, 6.07) is 7.54. The van der Waals surface area contributed by atoms with E-state index in [0.29, 0.717) is 22.7 Å². The third kappa shape index (κ3) is 2.76. The number of nitrogens with two attached hydrogens (primary N) is 1. The van der Waals surface area contributed by atoms with Gasteiger partial charge in [-0.3, -0.25) is 9.59 Å². The predicted octanol–water partition coefficient (Wildman–Crippen LogP) is 2.28. The average Bonchev–Trinajstić information content (AvgIpc) is 3.10. The smallest absolute Gasteiger partial charge is 0.236 e. The van der Waals surface area contributed by atoms with E-state index in [1.165, 1.54) is 9.63 Å². The van der Waals surface area contributed by atoms with Gasteiger partial charge in [-0.05, 0) is 18.4 Å². The number of imidazole rings is 1. The number of fused-ring (bicyclic) bond motifs is 3. The van der Waals surface area contributed by atoms with Crippen molar-refractivity contribution in [2.75, 3.05) is 12.5 Å². The van der Waals surface area contributed by atoms with Crippen molar-refractivity contribution in [1.29, 1.82) is 0 Å². The zero-order valence-electron chi connectivity index (χ0n) is 16.4. The van der Waals surface area contributed by atoms with Crippen LogP contribution in [0.3, 0.4) is 0 Å². The molecule has 0 spiro atoms. The fraction of sp³-hybridized carbons (Fsp3) is 0.400. The van der Waals surface area contributed by atoms with Crippen LogP contribution in [-0.2, 0) is 9.59 Å². The number of aromatic nitrogens is 3. The van der Waals surface area contributed by atoms with Gasteiger partial charge in [0.2, 0.25) is 11.8 Å². The molecule has 146 valence electrons. The van der Waals surface area contributed by atoms with Gasteiger partial charge in [-0.1, -0.05) is 39.0 Å². The van der Waals surface area contributed by atoms with Gasteiger partial charge in [0.25, 0.3) is 0 Å². The molecular formula is C20H23N5O3. The third-order valence-corrected chi connectivity index (χ3v) is 5.24. The van der Waals surface area contributed by atoms with E-state index in [-0.39, 0.29) is 36.3 Å². The number of amides is 2. The molecule has 1 aromatic carbocycles. The van der Waals surface area contributed by atoms with E-state index in [2.05, 4.69) is 9.97 Å². The summed E-state index contributed by atoms with van der Waals surface area (Å²) in [5.41, 5.74) is 7.71. The summed E-state index contributed by atoms with van der Waals surface area (Å²) in [4.78, 5) is 41.0. The normalized spacial score (nSPS) is 17.9. The van der Waals surface area contributed by atoms with Crippen LogP contribution in [0, 0.1) is 18.3 Å². The van der Waals surface area contributed by atoms with Gasteiger partial charge in [0, 0.05) is 11.8 Å².